The molecular formula is C19H34O3. The van der Waals surface area contributed by atoms with E-state index in [4.69, 9.17) is 4.74 Å². The lowest BCUT2D eigenvalue weighted by Gasteiger charge is -2.23. The highest BCUT2D eigenvalue weighted by molar-refractivity contribution is 5.92. The highest BCUT2D eigenvalue weighted by Gasteiger charge is 2.43. The Morgan fingerprint density at radius 1 is 0.909 bits per heavy atom. The van der Waals surface area contributed by atoms with E-state index in [1.807, 2.05) is 6.92 Å². The van der Waals surface area contributed by atoms with Crippen LogP contribution in [0.25, 0.3) is 0 Å². The molecule has 0 radical (unpaired) electrons. The molecule has 1 N–H and O–H groups in total. The number of aliphatic hydroxyl groups is 1. The van der Waals surface area contributed by atoms with Gasteiger partial charge in [-0.05, 0) is 32.6 Å². The van der Waals surface area contributed by atoms with E-state index in [2.05, 4.69) is 13.8 Å². The van der Waals surface area contributed by atoms with Gasteiger partial charge in [-0.2, -0.15) is 0 Å². The van der Waals surface area contributed by atoms with Gasteiger partial charge in [0.15, 0.2) is 5.60 Å². The molecule has 1 atom stereocenters. The third-order valence-corrected chi connectivity index (χ3v) is 4.64. The third-order valence-electron chi connectivity index (χ3n) is 4.64. The Labute approximate surface area is 136 Å². The van der Waals surface area contributed by atoms with Crippen molar-refractivity contribution < 1.29 is 14.6 Å². The van der Waals surface area contributed by atoms with Crippen LogP contribution in [0.5, 0.6) is 0 Å². The molecule has 1 unspecified atom stereocenters. The topological polar surface area (TPSA) is 46.5 Å². The monoisotopic (exact) mass is 310 g/mol. The van der Waals surface area contributed by atoms with Gasteiger partial charge in [-0.1, -0.05) is 65.2 Å². The van der Waals surface area contributed by atoms with Gasteiger partial charge in [0.1, 0.15) is 5.76 Å². The Morgan fingerprint density at radius 2 is 1.45 bits per heavy atom. The second-order valence-electron chi connectivity index (χ2n) is 6.78. The van der Waals surface area contributed by atoms with E-state index >= 15 is 0 Å². The van der Waals surface area contributed by atoms with Crippen LogP contribution >= 0.6 is 0 Å². The first-order valence-corrected chi connectivity index (χ1v) is 9.21. The molecule has 0 aromatic heterocycles. The van der Waals surface area contributed by atoms with Crippen LogP contribution in [0.2, 0.25) is 0 Å². The second kappa shape index (κ2) is 9.91. The summed E-state index contributed by atoms with van der Waals surface area (Å²) >= 11 is 0. The molecule has 22 heavy (non-hydrogen) atoms. The Balaban J connectivity index is 2.29. The van der Waals surface area contributed by atoms with Gasteiger partial charge < -0.3 is 9.84 Å². The number of hydrogen-bond acceptors (Lipinski definition) is 3. The first kappa shape index (κ1) is 19.1. The molecule has 128 valence electrons. The molecule has 0 amide bonds. The first-order valence-electron chi connectivity index (χ1n) is 9.21. The maximum Gasteiger partial charge on any atom is 0.338 e. The van der Waals surface area contributed by atoms with E-state index in [0.29, 0.717) is 12.0 Å². The van der Waals surface area contributed by atoms with Crippen molar-refractivity contribution in [2.24, 2.45) is 0 Å². The smallest absolute Gasteiger partial charge is 0.338 e. The summed E-state index contributed by atoms with van der Waals surface area (Å²) in [5.41, 5.74) is -0.272. The number of carbonyl (C=O) groups excluding carboxylic acids is 1. The highest BCUT2D eigenvalue weighted by Crippen LogP contribution is 2.37. The number of cyclic esters (lactones) is 1. The number of esters is 1. The fourth-order valence-electron chi connectivity index (χ4n) is 3.07. The van der Waals surface area contributed by atoms with E-state index in [1.54, 1.807) is 0 Å². The van der Waals surface area contributed by atoms with E-state index in [1.165, 1.54) is 38.5 Å². The lowest BCUT2D eigenvalue weighted by Crippen LogP contribution is -2.27. The van der Waals surface area contributed by atoms with Crippen molar-refractivity contribution in [2.45, 2.75) is 103 Å². The number of carbonyl (C=O) groups is 1. The van der Waals surface area contributed by atoms with Crippen LogP contribution in [0.1, 0.15) is 97.8 Å². The van der Waals surface area contributed by atoms with E-state index in [-0.39, 0.29) is 11.7 Å². The summed E-state index contributed by atoms with van der Waals surface area (Å²) in [6.45, 7) is 6.16. The van der Waals surface area contributed by atoms with Crippen molar-refractivity contribution >= 4 is 5.97 Å². The van der Waals surface area contributed by atoms with Gasteiger partial charge in [0.25, 0.3) is 0 Å². The molecule has 0 aromatic carbocycles. The molecule has 0 aromatic rings. The number of hydrogen-bond donors (Lipinski definition) is 1. The Bertz CT molecular complexity index is 373. The van der Waals surface area contributed by atoms with Gasteiger partial charge >= 0.3 is 5.97 Å². The minimum atomic E-state index is -0.775. The summed E-state index contributed by atoms with van der Waals surface area (Å²) < 4.78 is 5.47. The summed E-state index contributed by atoms with van der Waals surface area (Å²) in [5, 5.41) is 10.3. The standard InChI is InChI=1S/C19H34O3/c1-4-6-8-9-10-11-12-13-15-19(3)17(20)16(14-7-5-2)18(21)22-19/h20H,4-15H2,1-3H3. The van der Waals surface area contributed by atoms with Crippen molar-refractivity contribution in [1.82, 2.24) is 0 Å². The van der Waals surface area contributed by atoms with Crippen LogP contribution in [0.4, 0.5) is 0 Å². The summed E-state index contributed by atoms with van der Waals surface area (Å²) in [6.07, 6.45) is 13.3. The lowest BCUT2D eigenvalue weighted by molar-refractivity contribution is -0.147. The zero-order valence-electron chi connectivity index (χ0n) is 14.7. The van der Waals surface area contributed by atoms with Gasteiger partial charge in [-0.15, -0.1) is 0 Å². The zero-order valence-corrected chi connectivity index (χ0v) is 14.7. The maximum absolute atomic E-state index is 11.9. The number of ether oxygens (including phenoxy) is 1. The van der Waals surface area contributed by atoms with Gasteiger partial charge in [-0.3, -0.25) is 0 Å². The molecule has 1 rings (SSSR count). The van der Waals surface area contributed by atoms with Crippen molar-refractivity contribution in [1.29, 1.82) is 0 Å². The van der Waals surface area contributed by atoms with Crippen LogP contribution in [0, 0.1) is 0 Å². The Morgan fingerprint density at radius 3 is 2.05 bits per heavy atom. The summed E-state index contributed by atoms with van der Waals surface area (Å²) in [4.78, 5) is 11.9. The SMILES string of the molecule is CCCCCCCCCCC1(C)OC(=O)C(CCCC)=C1O. The lowest BCUT2D eigenvalue weighted by atomic mass is 9.93. The molecule has 0 aliphatic carbocycles. The quantitative estimate of drug-likeness (QED) is 0.364. The van der Waals surface area contributed by atoms with Crippen LogP contribution < -0.4 is 0 Å². The second-order valence-corrected chi connectivity index (χ2v) is 6.78. The van der Waals surface area contributed by atoms with Crippen LogP contribution in [0.15, 0.2) is 11.3 Å². The fourth-order valence-corrected chi connectivity index (χ4v) is 3.07. The predicted octanol–water partition coefficient (Wildman–Crippen LogP) is 5.84. The minimum Gasteiger partial charge on any atom is -0.507 e. The maximum atomic E-state index is 11.9. The predicted molar refractivity (Wildman–Crippen MR) is 90.9 cm³/mol. The molecule has 1 aliphatic rings. The van der Waals surface area contributed by atoms with Crippen LogP contribution in [-0.4, -0.2) is 16.7 Å². The first-order chi connectivity index (χ1) is 10.5. The summed E-state index contributed by atoms with van der Waals surface area (Å²) in [5.74, 6) is -0.123. The van der Waals surface area contributed by atoms with Crippen molar-refractivity contribution in [3.8, 4) is 0 Å². The van der Waals surface area contributed by atoms with Crippen LogP contribution in [0.3, 0.4) is 0 Å². The van der Waals surface area contributed by atoms with Crippen molar-refractivity contribution in [3.63, 3.8) is 0 Å². The average Bonchev–Trinajstić information content (AvgIpc) is 2.70. The molecule has 3 heteroatoms. The Kier molecular flexibility index (Phi) is 8.59. The van der Waals surface area contributed by atoms with Crippen molar-refractivity contribution in [2.75, 3.05) is 0 Å². The fraction of sp³-hybridized carbons (Fsp3) is 0.842. The average molecular weight is 310 g/mol. The molecular weight excluding hydrogens is 276 g/mol. The summed E-state index contributed by atoms with van der Waals surface area (Å²) in [6, 6.07) is 0. The number of aliphatic hydroxyl groups excluding tert-OH is 1. The third kappa shape index (κ3) is 5.66. The minimum absolute atomic E-state index is 0.189. The summed E-state index contributed by atoms with van der Waals surface area (Å²) in [7, 11) is 0. The van der Waals surface area contributed by atoms with Crippen LogP contribution in [-0.2, 0) is 9.53 Å². The normalized spacial score (nSPS) is 21.5. The van der Waals surface area contributed by atoms with Gasteiger partial charge in [0.05, 0.1) is 5.57 Å². The van der Waals surface area contributed by atoms with Gasteiger partial charge in [0.2, 0.25) is 0 Å². The molecule has 0 saturated carbocycles. The van der Waals surface area contributed by atoms with E-state index in [9.17, 15) is 9.90 Å². The molecule has 1 heterocycles. The largest absolute Gasteiger partial charge is 0.507 e. The molecule has 0 fully saturated rings. The molecule has 0 spiro atoms. The number of unbranched alkanes of at least 4 members (excludes halogenated alkanes) is 8. The van der Waals surface area contributed by atoms with Crippen molar-refractivity contribution in [3.05, 3.63) is 11.3 Å². The molecule has 3 nitrogen and oxygen atoms in total. The highest BCUT2D eigenvalue weighted by atomic mass is 16.6. The van der Waals surface area contributed by atoms with Gasteiger partial charge in [0, 0.05) is 0 Å². The molecule has 0 bridgehead atoms. The Hall–Kier alpha value is -0.990. The number of rotatable bonds is 12. The van der Waals surface area contributed by atoms with E-state index in [0.717, 1.165) is 32.1 Å². The molecule has 0 saturated heterocycles. The van der Waals surface area contributed by atoms with E-state index < -0.39 is 5.60 Å². The zero-order chi connectivity index (χ0) is 16.4. The molecule has 1 aliphatic heterocycles. The van der Waals surface area contributed by atoms with Gasteiger partial charge in [-0.25, -0.2) is 4.79 Å².